The number of ether oxygens (including phenoxy) is 2. The van der Waals surface area contributed by atoms with E-state index in [1.807, 2.05) is 31.3 Å². The Kier molecular flexibility index (Phi) is 7.30. The van der Waals surface area contributed by atoms with Crippen LogP contribution in [-0.4, -0.2) is 51.4 Å². The standard InChI is InChI=1S/C22H31N5O2/c1-16-5-6-18(20(11-16)29-19-8-10-28-15-19)14-26-22(23-2)25-13-17-7-9-24-21(12-17)27(3)4/h5-7,9,11-12,19H,8,10,13-15H2,1-4H3,(H2,23,25,26). The monoisotopic (exact) mass is 397 g/mol. The predicted molar refractivity (Wildman–Crippen MR) is 117 cm³/mol. The van der Waals surface area contributed by atoms with Gasteiger partial charge in [0.25, 0.3) is 0 Å². The van der Waals surface area contributed by atoms with Gasteiger partial charge in [-0.15, -0.1) is 0 Å². The Morgan fingerprint density at radius 1 is 1.24 bits per heavy atom. The minimum Gasteiger partial charge on any atom is -0.488 e. The van der Waals surface area contributed by atoms with Gasteiger partial charge in [-0.2, -0.15) is 0 Å². The summed E-state index contributed by atoms with van der Waals surface area (Å²) in [5.74, 6) is 2.58. The van der Waals surface area contributed by atoms with Gasteiger partial charge in [0.1, 0.15) is 17.7 Å². The molecule has 29 heavy (non-hydrogen) atoms. The molecule has 2 N–H and O–H groups in total. The Hall–Kier alpha value is -2.80. The normalized spacial score (nSPS) is 16.6. The second-order valence-electron chi connectivity index (χ2n) is 7.41. The Labute approximate surface area is 173 Å². The van der Waals surface area contributed by atoms with Gasteiger partial charge in [0.2, 0.25) is 0 Å². The number of guanidine groups is 1. The summed E-state index contributed by atoms with van der Waals surface area (Å²) in [6.07, 6.45) is 2.89. The molecule has 1 atom stereocenters. The highest BCUT2D eigenvalue weighted by atomic mass is 16.5. The van der Waals surface area contributed by atoms with Crippen molar-refractivity contribution in [1.29, 1.82) is 0 Å². The summed E-state index contributed by atoms with van der Waals surface area (Å²) >= 11 is 0. The molecule has 7 heteroatoms. The van der Waals surface area contributed by atoms with Crippen LogP contribution in [0.25, 0.3) is 0 Å². The van der Waals surface area contributed by atoms with Crippen LogP contribution >= 0.6 is 0 Å². The molecule has 0 bridgehead atoms. The van der Waals surface area contributed by atoms with Crippen molar-refractivity contribution in [3.05, 3.63) is 53.2 Å². The van der Waals surface area contributed by atoms with E-state index in [9.17, 15) is 0 Å². The third kappa shape index (κ3) is 6.09. The third-order valence-corrected chi connectivity index (χ3v) is 4.80. The molecule has 2 aromatic rings. The largest absolute Gasteiger partial charge is 0.488 e. The summed E-state index contributed by atoms with van der Waals surface area (Å²) < 4.78 is 11.6. The number of rotatable bonds is 7. The molecule has 1 fully saturated rings. The number of aryl methyl sites for hydroxylation is 1. The molecular formula is C22H31N5O2. The van der Waals surface area contributed by atoms with Gasteiger partial charge in [-0.05, 0) is 36.2 Å². The van der Waals surface area contributed by atoms with Crippen molar-refractivity contribution in [1.82, 2.24) is 15.6 Å². The number of nitrogens with one attached hydrogen (secondary N) is 2. The Balaban J connectivity index is 1.58. The quantitative estimate of drug-likeness (QED) is 0.553. The first-order valence-corrected chi connectivity index (χ1v) is 9.96. The summed E-state index contributed by atoms with van der Waals surface area (Å²) in [7, 11) is 5.74. The lowest BCUT2D eigenvalue weighted by molar-refractivity contribution is 0.140. The van der Waals surface area contributed by atoms with Gasteiger partial charge in [0.05, 0.1) is 13.2 Å². The molecule has 1 unspecified atom stereocenters. The second-order valence-corrected chi connectivity index (χ2v) is 7.41. The van der Waals surface area contributed by atoms with E-state index >= 15 is 0 Å². The lowest BCUT2D eigenvalue weighted by Gasteiger charge is -2.18. The molecule has 0 aliphatic carbocycles. The van der Waals surface area contributed by atoms with Crippen LogP contribution < -0.4 is 20.3 Å². The fourth-order valence-corrected chi connectivity index (χ4v) is 3.10. The van der Waals surface area contributed by atoms with Crippen molar-refractivity contribution in [3.63, 3.8) is 0 Å². The summed E-state index contributed by atoms with van der Waals surface area (Å²) in [4.78, 5) is 10.7. The fraction of sp³-hybridized carbons (Fsp3) is 0.455. The van der Waals surface area contributed by atoms with Gasteiger partial charge in [0, 0.05) is 52.4 Å². The maximum Gasteiger partial charge on any atom is 0.191 e. The molecule has 1 aromatic heterocycles. The van der Waals surface area contributed by atoms with Gasteiger partial charge < -0.3 is 25.0 Å². The van der Waals surface area contributed by atoms with Crippen molar-refractivity contribution < 1.29 is 9.47 Å². The van der Waals surface area contributed by atoms with E-state index in [0.29, 0.717) is 19.7 Å². The van der Waals surface area contributed by atoms with E-state index in [1.165, 1.54) is 5.56 Å². The molecule has 0 saturated carbocycles. The maximum absolute atomic E-state index is 6.18. The lowest BCUT2D eigenvalue weighted by Crippen LogP contribution is -2.36. The molecule has 7 nitrogen and oxygen atoms in total. The molecule has 1 aliphatic rings. The van der Waals surface area contributed by atoms with Crippen molar-refractivity contribution in [2.24, 2.45) is 4.99 Å². The molecule has 0 amide bonds. The average Bonchev–Trinajstić information content (AvgIpc) is 3.22. The zero-order chi connectivity index (χ0) is 20.6. The van der Waals surface area contributed by atoms with E-state index in [2.05, 4.69) is 51.8 Å². The Morgan fingerprint density at radius 2 is 2.07 bits per heavy atom. The molecular weight excluding hydrogens is 366 g/mol. The van der Waals surface area contributed by atoms with Crippen molar-refractivity contribution >= 4 is 11.8 Å². The number of benzene rings is 1. The number of nitrogens with zero attached hydrogens (tertiary/aromatic N) is 3. The van der Waals surface area contributed by atoms with E-state index in [4.69, 9.17) is 9.47 Å². The smallest absolute Gasteiger partial charge is 0.191 e. The highest BCUT2D eigenvalue weighted by Crippen LogP contribution is 2.23. The van der Waals surface area contributed by atoms with Gasteiger partial charge in [-0.1, -0.05) is 12.1 Å². The first kappa shape index (κ1) is 20.9. The average molecular weight is 398 g/mol. The van der Waals surface area contributed by atoms with Crippen LogP contribution in [0.15, 0.2) is 41.5 Å². The van der Waals surface area contributed by atoms with Crippen molar-refractivity contribution in [3.8, 4) is 5.75 Å². The summed E-state index contributed by atoms with van der Waals surface area (Å²) in [5, 5.41) is 6.74. The van der Waals surface area contributed by atoms with Crippen LogP contribution in [0.2, 0.25) is 0 Å². The zero-order valence-electron chi connectivity index (χ0n) is 17.7. The maximum atomic E-state index is 6.18. The summed E-state index contributed by atoms with van der Waals surface area (Å²) in [6.45, 7) is 4.80. The van der Waals surface area contributed by atoms with E-state index < -0.39 is 0 Å². The first-order valence-electron chi connectivity index (χ1n) is 9.96. The first-order chi connectivity index (χ1) is 14.0. The molecule has 3 rings (SSSR count). The van der Waals surface area contributed by atoms with Crippen LogP contribution in [0, 0.1) is 6.92 Å². The molecule has 0 radical (unpaired) electrons. The number of aromatic nitrogens is 1. The van der Waals surface area contributed by atoms with E-state index in [-0.39, 0.29) is 6.10 Å². The third-order valence-electron chi connectivity index (χ3n) is 4.80. The van der Waals surface area contributed by atoms with Crippen LogP contribution in [0.1, 0.15) is 23.1 Å². The number of pyridine rings is 1. The van der Waals surface area contributed by atoms with Crippen molar-refractivity contribution in [2.45, 2.75) is 32.5 Å². The Bertz CT molecular complexity index is 832. The SMILES string of the molecule is CN=C(NCc1ccnc(N(C)C)c1)NCc1ccc(C)cc1OC1CCOC1. The van der Waals surface area contributed by atoms with Crippen molar-refractivity contribution in [2.75, 3.05) is 39.3 Å². The molecule has 2 heterocycles. The lowest BCUT2D eigenvalue weighted by atomic mass is 10.1. The molecule has 1 saturated heterocycles. The number of aliphatic imine (C=N–C) groups is 1. The molecule has 0 spiro atoms. The summed E-state index contributed by atoms with van der Waals surface area (Å²) in [6, 6.07) is 10.4. The Morgan fingerprint density at radius 3 is 2.79 bits per heavy atom. The summed E-state index contributed by atoms with van der Waals surface area (Å²) in [5.41, 5.74) is 3.43. The van der Waals surface area contributed by atoms with E-state index in [1.54, 1.807) is 7.05 Å². The molecule has 1 aromatic carbocycles. The second kappa shape index (κ2) is 10.1. The van der Waals surface area contributed by atoms with Crippen LogP contribution in [0.3, 0.4) is 0 Å². The number of hydrogen-bond acceptors (Lipinski definition) is 5. The van der Waals surface area contributed by atoms with Gasteiger partial charge in [-0.25, -0.2) is 4.98 Å². The predicted octanol–water partition coefficient (Wildman–Crippen LogP) is 2.49. The molecule has 1 aliphatic heterocycles. The number of anilines is 1. The van der Waals surface area contributed by atoms with Crippen LogP contribution in [-0.2, 0) is 17.8 Å². The number of hydrogen-bond donors (Lipinski definition) is 2. The highest BCUT2D eigenvalue weighted by molar-refractivity contribution is 5.79. The zero-order valence-corrected chi connectivity index (χ0v) is 17.7. The van der Waals surface area contributed by atoms with Gasteiger partial charge in [-0.3, -0.25) is 4.99 Å². The van der Waals surface area contributed by atoms with Crippen LogP contribution in [0.4, 0.5) is 5.82 Å². The topological polar surface area (TPSA) is 71.0 Å². The highest BCUT2D eigenvalue weighted by Gasteiger charge is 2.18. The van der Waals surface area contributed by atoms with Gasteiger partial charge in [0.15, 0.2) is 5.96 Å². The fourth-order valence-electron chi connectivity index (χ4n) is 3.10. The van der Waals surface area contributed by atoms with Crippen LogP contribution in [0.5, 0.6) is 5.75 Å². The molecule has 156 valence electrons. The minimum atomic E-state index is 0.130. The van der Waals surface area contributed by atoms with Gasteiger partial charge >= 0.3 is 0 Å². The van der Waals surface area contributed by atoms with E-state index in [0.717, 1.165) is 41.7 Å². The minimum absolute atomic E-state index is 0.130.